The number of rotatable bonds is 3. The maximum atomic E-state index is 12.2. The minimum absolute atomic E-state index is 0. The molecule has 4 rings (SSSR count). The van der Waals surface area contributed by atoms with Crippen LogP contribution in [0.4, 0.5) is 5.69 Å². The standard InChI is InChI=1S/C25H39N3O.ClH/c1-25(2,3)20-12-10-19(11-13-20)21-7-4-5-8-22(21)27-15-17-28(18-16-27)23-9-6-14-26-24(23)29;/h4-5,7-8,19-20,23H,6,9-18H2,1-3H3,(H,26,29);1H. The lowest BCUT2D eigenvalue weighted by Crippen LogP contribution is -2.56. The number of halogens is 1. The number of piperazine rings is 1. The van der Waals surface area contributed by atoms with Crippen molar-refractivity contribution in [2.24, 2.45) is 11.3 Å². The molecule has 0 radical (unpaired) electrons. The predicted molar refractivity (Wildman–Crippen MR) is 128 cm³/mol. The normalized spacial score (nSPS) is 28.6. The van der Waals surface area contributed by atoms with Crippen molar-refractivity contribution in [3.05, 3.63) is 29.8 Å². The highest BCUT2D eigenvalue weighted by atomic mass is 35.5. The van der Waals surface area contributed by atoms with E-state index in [4.69, 9.17) is 0 Å². The molecular weight excluding hydrogens is 394 g/mol. The summed E-state index contributed by atoms with van der Waals surface area (Å²) in [6.45, 7) is 12.1. The summed E-state index contributed by atoms with van der Waals surface area (Å²) in [5, 5.41) is 3.04. The van der Waals surface area contributed by atoms with Gasteiger partial charge in [0.1, 0.15) is 0 Å². The lowest BCUT2D eigenvalue weighted by atomic mass is 9.68. The second-order valence-electron chi connectivity index (χ2n) is 10.4. The number of benzene rings is 1. The summed E-state index contributed by atoms with van der Waals surface area (Å²) in [7, 11) is 0. The second-order valence-corrected chi connectivity index (χ2v) is 10.4. The van der Waals surface area contributed by atoms with Crippen LogP contribution in [-0.4, -0.2) is 49.6 Å². The Balaban J connectivity index is 0.00000256. The maximum absolute atomic E-state index is 12.2. The van der Waals surface area contributed by atoms with Gasteiger partial charge in [0.15, 0.2) is 0 Å². The van der Waals surface area contributed by atoms with Crippen molar-refractivity contribution in [3.8, 4) is 0 Å². The molecule has 30 heavy (non-hydrogen) atoms. The van der Waals surface area contributed by atoms with Crippen molar-refractivity contribution in [2.45, 2.75) is 71.3 Å². The number of para-hydroxylation sites is 1. The molecule has 1 unspecified atom stereocenters. The van der Waals surface area contributed by atoms with Crippen molar-refractivity contribution >= 4 is 24.0 Å². The first kappa shape index (κ1) is 23.4. The fraction of sp³-hybridized carbons (Fsp3) is 0.720. The number of amides is 1. The fourth-order valence-corrected chi connectivity index (χ4v) is 5.77. The van der Waals surface area contributed by atoms with Gasteiger partial charge in [0.25, 0.3) is 0 Å². The Bertz CT molecular complexity index is 701. The van der Waals surface area contributed by atoms with Crippen molar-refractivity contribution < 1.29 is 4.79 Å². The van der Waals surface area contributed by atoms with Crippen molar-refractivity contribution in [3.63, 3.8) is 0 Å². The molecule has 3 aliphatic rings. The summed E-state index contributed by atoms with van der Waals surface area (Å²) >= 11 is 0. The zero-order valence-corrected chi connectivity index (χ0v) is 19.8. The van der Waals surface area contributed by atoms with Crippen LogP contribution < -0.4 is 10.2 Å². The van der Waals surface area contributed by atoms with Crippen LogP contribution in [-0.2, 0) is 4.79 Å². The van der Waals surface area contributed by atoms with E-state index in [0.29, 0.717) is 11.3 Å². The summed E-state index contributed by atoms with van der Waals surface area (Å²) < 4.78 is 0. The van der Waals surface area contributed by atoms with Crippen LogP contribution in [0, 0.1) is 11.3 Å². The van der Waals surface area contributed by atoms with E-state index in [1.54, 1.807) is 5.56 Å². The lowest BCUT2D eigenvalue weighted by molar-refractivity contribution is -0.128. The van der Waals surface area contributed by atoms with Crippen LogP contribution in [0.15, 0.2) is 24.3 Å². The highest BCUT2D eigenvalue weighted by Crippen LogP contribution is 2.45. The van der Waals surface area contributed by atoms with Gasteiger partial charge in [-0.25, -0.2) is 0 Å². The summed E-state index contributed by atoms with van der Waals surface area (Å²) in [6.07, 6.45) is 7.47. The fourth-order valence-electron chi connectivity index (χ4n) is 5.77. The van der Waals surface area contributed by atoms with Crippen molar-refractivity contribution in [1.29, 1.82) is 0 Å². The minimum Gasteiger partial charge on any atom is -0.369 e. The number of hydrogen-bond acceptors (Lipinski definition) is 3. The first-order chi connectivity index (χ1) is 13.9. The third-order valence-corrected chi connectivity index (χ3v) is 7.68. The van der Waals surface area contributed by atoms with Crippen molar-refractivity contribution in [1.82, 2.24) is 10.2 Å². The molecule has 1 aromatic carbocycles. The van der Waals surface area contributed by atoms with Gasteiger partial charge in [-0.2, -0.15) is 0 Å². The molecule has 3 fully saturated rings. The van der Waals surface area contributed by atoms with Gasteiger partial charge in [0.2, 0.25) is 5.91 Å². The van der Waals surface area contributed by atoms with E-state index in [1.165, 1.54) is 31.4 Å². The van der Waals surface area contributed by atoms with Crippen molar-refractivity contribution in [2.75, 3.05) is 37.6 Å². The molecule has 2 heterocycles. The molecule has 2 aliphatic heterocycles. The maximum Gasteiger partial charge on any atom is 0.237 e. The van der Waals surface area contributed by atoms with E-state index < -0.39 is 0 Å². The third-order valence-electron chi connectivity index (χ3n) is 7.68. The van der Waals surface area contributed by atoms with E-state index in [2.05, 4.69) is 60.2 Å². The largest absolute Gasteiger partial charge is 0.369 e. The molecule has 1 saturated carbocycles. The van der Waals surface area contributed by atoms with Gasteiger partial charge in [0, 0.05) is 38.4 Å². The molecular formula is C25H40ClN3O. The Kier molecular flexibility index (Phi) is 7.73. The van der Waals surface area contributed by atoms with E-state index in [-0.39, 0.29) is 24.4 Å². The average Bonchev–Trinajstić information content (AvgIpc) is 2.74. The van der Waals surface area contributed by atoms with Crippen LogP contribution in [0.2, 0.25) is 0 Å². The Morgan fingerprint density at radius 3 is 2.23 bits per heavy atom. The number of hydrogen-bond donors (Lipinski definition) is 1. The van der Waals surface area contributed by atoms with Crippen LogP contribution in [0.3, 0.4) is 0 Å². The summed E-state index contributed by atoms with van der Waals surface area (Å²) in [4.78, 5) is 17.2. The van der Waals surface area contributed by atoms with Gasteiger partial charge in [-0.15, -0.1) is 12.4 Å². The minimum atomic E-state index is 0. The Labute approximate surface area is 189 Å². The lowest BCUT2D eigenvalue weighted by Gasteiger charge is -2.42. The Hall–Kier alpha value is -1.26. The molecule has 0 spiro atoms. The van der Waals surface area contributed by atoms with E-state index in [0.717, 1.165) is 51.5 Å². The first-order valence-corrected chi connectivity index (χ1v) is 11.8. The van der Waals surface area contributed by atoms with E-state index in [9.17, 15) is 4.79 Å². The predicted octanol–water partition coefficient (Wildman–Crippen LogP) is 4.83. The van der Waals surface area contributed by atoms with Crippen LogP contribution >= 0.6 is 12.4 Å². The monoisotopic (exact) mass is 433 g/mol. The third kappa shape index (κ3) is 5.13. The molecule has 2 saturated heterocycles. The zero-order chi connectivity index (χ0) is 20.4. The van der Waals surface area contributed by atoms with Crippen LogP contribution in [0.25, 0.3) is 0 Å². The molecule has 5 heteroatoms. The van der Waals surface area contributed by atoms with Gasteiger partial charge < -0.3 is 10.2 Å². The topological polar surface area (TPSA) is 35.6 Å². The Morgan fingerprint density at radius 1 is 0.933 bits per heavy atom. The number of anilines is 1. The number of carbonyl (C=O) groups is 1. The quantitative estimate of drug-likeness (QED) is 0.741. The molecule has 0 bridgehead atoms. The molecule has 1 amide bonds. The van der Waals surface area contributed by atoms with Gasteiger partial charge in [-0.1, -0.05) is 39.0 Å². The second kappa shape index (κ2) is 9.91. The summed E-state index contributed by atoms with van der Waals surface area (Å²) in [5.74, 6) is 1.80. The number of nitrogens with one attached hydrogen (secondary N) is 1. The average molecular weight is 434 g/mol. The molecule has 0 aromatic heterocycles. The molecule has 168 valence electrons. The van der Waals surface area contributed by atoms with Crippen LogP contribution in [0.1, 0.15) is 70.8 Å². The zero-order valence-electron chi connectivity index (χ0n) is 19.0. The SMILES string of the molecule is CC(C)(C)C1CCC(c2ccccc2N2CCN(C3CCCNC3=O)CC2)CC1.Cl. The highest BCUT2D eigenvalue weighted by molar-refractivity contribution is 5.85. The van der Waals surface area contributed by atoms with Crippen LogP contribution in [0.5, 0.6) is 0 Å². The molecule has 1 aromatic rings. The number of carbonyl (C=O) groups excluding carboxylic acids is 1. The van der Waals surface area contributed by atoms with E-state index in [1.807, 2.05) is 0 Å². The summed E-state index contributed by atoms with van der Waals surface area (Å²) in [6, 6.07) is 9.21. The van der Waals surface area contributed by atoms with Gasteiger partial charge in [-0.05, 0) is 67.4 Å². The molecule has 4 nitrogen and oxygen atoms in total. The number of nitrogens with zero attached hydrogens (tertiary/aromatic N) is 2. The Morgan fingerprint density at radius 2 is 1.60 bits per heavy atom. The van der Waals surface area contributed by atoms with Gasteiger partial charge >= 0.3 is 0 Å². The van der Waals surface area contributed by atoms with E-state index >= 15 is 0 Å². The molecule has 1 aliphatic carbocycles. The number of piperidine rings is 1. The summed E-state index contributed by atoms with van der Waals surface area (Å²) in [5.41, 5.74) is 3.44. The smallest absolute Gasteiger partial charge is 0.237 e. The van der Waals surface area contributed by atoms with Gasteiger partial charge in [0.05, 0.1) is 6.04 Å². The molecule has 1 N–H and O–H groups in total. The van der Waals surface area contributed by atoms with Gasteiger partial charge in [-0.3, -0.25) is 9.69 Å². The molecule has 1 atom stereocenters. The first-order valence-electron chi connectivity index (χ1n) is 11.8. The highest BCUT2D eigenvalue weighted by Gasteiger charge is 2.33.